The SMILES string of the molecule is O=[C](CCBr)[In]1[CH2]C=C[CH2]1. The Morgan fingerprint density at radius 1 is 1.50 bits per heavy atom. The van der Waals surface area contributed by atoms with Crippen LogP contribution in [-0.4, -0.2) is 30.3 Å². The molecule has 0 aromatic carbocycles. The number of hydrogen-bond acceptors (Lipinski definition) is 1. The van der Waals surface area contributed by atoms with E-state index in [0.717, 1.165) is 11.8 Å². The van der Waals surface area contributed by atoms with Gasteiger partial charge in [0.15, 0.2) is 0 Å². The molecular formula is C7H10BrInO. The predicted molar refractivity (Wildman–Crippen MR) is 47.9 cm³/mol. The van der Waals surface area contributed by atoms with Crippen molar-refractivity contribution in [1.82, 2.24) is 0 Å². The van der Waals surface area contributed by atoms with Crippen LogP contribution in [0.3, 0.4) is 0 Å². The molecule has 0 fully saturated rings. The summed E-state index contributed by atoms with van der Waals surface area (Å²) in [6.07, 6.45) is 5.15. The van der Waals surface area contributed by atoms with Gasteiger partial charge in [0.2, 0.25) is 0 Å². The van der Waals surface area contributed by atoms with Gasteiger partial charge in [0.1, 0.15) is 0 Å². The molecule has 0 saturated carbocycles. The van der Waals surface area contributed by atoms with Crippen molar-refractivity contribution in [3.8, 4) is 0 Å². The van der Waals surface area contributed by atoms with Crippen molar-refractivity contribution >= 4 is 40.9 Å². The Morgan fingerprint density at radius 3 is 2.60 bits per heavy atom. The van der Waals surface area contributed by atoms with E-state index in [9.17, 15) is 4.79 Å². The van der Waals surface area contributed by atoms with Crippen molar-refractivity contribution in [2.24, 2.45) is 0 Å². The average Bonchev–Trinajstić information content (AvgIpc) is 2.38. The van der Waals surface area contributed by atoms with E-state index in [1.807, 2.05) is 0 Å². The predicted octanol–water partition coefficient (Wildman–Crippen LogP) is 1.94. The number of allylic oxidation sites excluding steroid dienone is 2. The molecule has 3 heteroatoms. The van der Waals surface area contributed by atoms with Gasteiger partial charge in [-0.2, -0.15) is 0 Å². The fraction of sp³-hybridized carbons (Fsp3) is 0.571. The summed E-state index contributed by atoms with van der Waals surface area (Å²) in [6.45, 7) is 0. The van der Waals surface area contributed by atoms with Gasteiger partial charge in [-0.3, -0.25) is 0 Å². The standard InChI is InChI=1S/C4H6.C3H4BrO.In/c1-3-4-2;4-2-1-3-5;/h3-4H,1-2H2;1-2H2;. The van der Waals surface area contributed by atoms with Gasteiger partial charge in [-0.05, 0) is 0 Å². The van der Waals surface area contributed by atoms with Crippen molar-refractivity contribution < 1.29 is 4.79 Å². The third-order valence-electron chi connectivity index (χ3n) is 1.80. The minimum absolute atomic E-state index is 0.615. The van der Waals surface area contributed by atoms with E-state index in [4.69, 9.17) is 0 Å². The molecule has 0 aromatic heterocycles. The van der Waals surface area contributed by atoms with Gasteiger partial charge in [-0.1, -0.05) is 0 Å². The van der Waals surface area contributed by atoms with Crippen LogP contribution < -0.4 is 0 Å². The first kappa shape index (κ1) is 8.85. The Hall–Kier alpha value is 0.760. The Morgan fingerprint density at radius 2 is 2.10 bits per heavy atom. The quantitative estimate of drug-likeness (QED) is 0.575. The second kappa shape index (κ2) is 4.60. The van der Waals surface area contributed by atoms with Crippen molar-refractivity contribution in [3.05, 3.63) is 12.2 Å². The second-order valence-corrected chi connectivity index (χ2v) is 11.8. The number of alkyl halides is 1. The molecule has 0 spiro atoms. The Bertz CT molecular complexity index is 148. The third kappa shape index (κ3) is 2.42. The topological polar surface area (TPSA) is 17.1 Å². The molecular weight excluding hydrogens is 295 g/mol. The molecule has 54 valence electrons. The van der Waals surface area contributed by atoms with E-state index >= 15 is 0 Å². The molecule has 0 unspecified atom stereocenters. The first-order chi connectivity index (χ1) is 4.84. The van der Waals surface area contributed by atoms with Gasteiger partial charge in [0.05, 0.1) is 0 Å². The number of hydrogen-bond donors (Lipinski definition) is 0. The van der Waals surface area contributed by atoms with Crippen molar-refractivity contribution in [2.45, 2.75) is 14.8 Å². The average molecular weight is 305 g/mol. The molecule has 1 aliphatic rings. The zero-order chi connectivity index (χ0) is 7.40. The molecule has 1 nitrogen and oxygen atoms in total. The Kier molecular flexibility index (Phi) is 4.07. The summed E-state index contributed by atoms with van der Waals surface area (Å²) in [6, 6.07) is 0. The van der Waals surface area contributed by atoms with Crippen LogP contribution in [0.2, 0.25) is 8.35 Å². The normalized spacial score (nSPS) is 16.3. The fourth-order valence-electron chi connectivity index (χ4n) is 1.18. The van der Waals surface area contributed by atoms with E-state index in [2.05, 4.69) is 28.1 Å². The van der Waals surface area contributed by atoms with Gasteiger partial charge in [0, 0.05) is 0 Å². The summed E-state index contributed by atoms with van der Waals surface area (Å²) in [7, 11) is 0. The van der Waals surface area contributed by atoms with Crippen LogP contribution in [0.25, 0.3) is 0 Å². The van der Waals surface area contributed by atoms with Gasteiger partial charge in [-0.15, -0.1) is 0 Å². The zero-order valence-corrected chi connectivity index (χ0v) is 10.7. The minimum atomic E-state index is -1.63. The summed E-state index contributed by atoms with van der Waals surface area (Å²) in [4.78, 5) is 11.3. The molecule has 0 aliphatic carbocycles. The monoisotopic (exact) mass is 304 g/mol. The number of halogens is 1. The molecule has 0 N–H and O–H groups in total. The molecule has 0 aromatic rings. The third-order valence-corrected chi connectivity index (χ3v) is 10.4. The fourth-order valence-corrected chi connectivity index (χ4v) is 9.38. The number of rotatable bonds is 3. The van der Waals surface area contributed by atoms with E-state index in [1.165, 1.54) is 8.35 Å². The second-order valence-electron chi connectivity index (χ2n) is 2.55. The van der Waals surface area contributed by atoms with Crippen molar-refractivity contribution in [3.63, 3.8) is 0 Å². The summed E-state index contributed by atoms with van der Waals surface area (Å²) >= 11 is 1.66. The molecule has 0 radical (unpaired) electrons. The number of carbonyl (C=O) groups is 1. The molecule has 1 aliphatic heterocycles. The molecule has 0 bridgehead atoms. The molecule has 1 heterocycles. The molecule has 10 heavy (non-hydrogen) atoms. The van der Waals surface area contributed by atoms with E-state index < -0.39 is 21.4 Å². The van der Waals surface area contributed by atoms with Crippen LogP contribution in [0.5, 0.6) is 0 Å². The van der Waals surface area contributed by atoms with Crippen LogP contribution in [-0.2, 0) is 4.79 Å². The first-order valence-corrected chi connectivity index (χ1v) is 11.0. The molecule has 1 rings (SSSR count). The van der Waals surface area contributed by atoms with Crippen LogP contribution in [0, 0.1) is 0 Å². The number of carbonyl (C=O) groups excluding carboxylic acids is 1. The summed E-state index contributed by atoms with van der Waals surface area (Å²) in [5, 5.41) is 0.860. The molecule has 0 amide bonds. The van der Waals surface area contributed by atoms with E-state index in [-0.39, 0.29) is 0 Å². The Balaban J connectivity index is 2.28. The van der Waals surface area contributed by atoms with Gasteiger partial charge >= 0.3 is 78.0 Å². The van der Waals surface area contributed by atoms with Gasteiger partial charge in [-0.25, -0.2) is 0 Å². The van der Waals surface area contributed by atoms with Gasteiger partial charge in [0.25, 0.3) is 0 Å². The summed E-state index contributed by atoms with van der Waals surface area (Å²) in [5.41, 5.74) is 0. The first-order valence-electron chi connectivity index (χ1n) is 3.58. The molecule has 0 saturated heterocycles. The van der Waals surface area contributed by atoms with Crippen LogP contribution >= 0.6 is 15.9 Å². The maximum atomic E-state index is 11.3. The van der Waals surface area contributed by atoms with Gasteiger partial charge < -0.3 is 0 Å². The van der Waals surface area contributed by atoms with Crippen LogP contribution in [0.15, 0.2) is 12.2 Å². The Labute approximate surface area is 77.5 Å². The molecule has 0 atom stereocenters. The van der Waals surface area contributed by atoms with E-state index in [0.29, 0.717) is 3.54 Å². The van der Waals surface area contributed by atoms with E-state index in [1.54, 1.807) is 0 Å². The zero-order valence-electron chi connectivity index (χ0n) is 5.85. The summed E-state index contributed by atoms with van der Waals surface area (Å²) < 4.78 is 2.96. The maximum absolute atomic E-state index is 11.3. The summed E-state index contributed by atoms with van der Waals surface area (Å²) in [5.74, 6) is 0. The van der Waals surface area contributed by atoms with Crippen LogP contribution in [0.1, 0.15) is 6.42 Å². The van der Waals surface area contributed by atoms with Crippen LogP contribution in [0.4, 0.5) is 0 Å². The van der Waals surface area contributed by atoms with Crippen molar-refractivity contribution in [2.75, 3.05) is 5.33 Å². The van der Waals surface area contributed by atoms with Crippen molar-refractivity contribution in [1.29, 1.82) is 0 Å².